The van der Waals surface area contributed by atoms with Crippen molar-refractivity contribution < 1.29 is 26.0 Å². The number of alkyl halides is 2. The van der Waals surface area contributed by atoms with E-state index in [4.69, 9.17) is 21.8 Å². The Hall–Kier alpha value is -2.67. The largest absolute Gasteiger partial charge is 0.420 e. The first-order valence-corrected chi connectivity index (χ1v) is 13.3. The van der Waals surface area contributed by atoms with Crippen molar-refractivity contribution in [2.75, 3.05) is 30.3 Å². The van der Waals surface area contributed by atoms with Crippen molar-refractivity contribution in [2.24, 2.45) is 5.73 Å². The first-order chi connectivity index (χ1) is 17.0. The third-order valence-corrected chi connectivity index (χ3v) is 8.48. The Balaban J connectivity index is 1.57. The summed E-state index contributed by atoms with van der Waals surface area (Å²) in [6.45, 7) is 0.540. The van der Waals surface area contributed by atoms with E-state index in [-0.39, 0.29) is 66.3 Å². The fraction of sp³-hybridized carbons (Fsp3) is 0.391. The van der Waals surface area contributed by atoms with Crippen LogP contribution in [0.1, 0.15) is 23.8 Å². The van der Waals surface area contributed by atoms with Crippen LogP contribution in [0.3, 0.4) is 0 Å². The van der Waals surface area contributed by atoms with Gasteiger partial charge in [-0.25, -0.2) is 21.6 Å². The van der Waals surface area contributed by atoms with Gasteiger partial charge < -0.3 is 20.4 Å². The molecule has 8 nitrogen and oxygen atoms in total. The summed E-state index contributed by atoms with van der Waals surface area (Å²) < 4.78 is 75.5. The van der Waals surface area contributed by atoms with Gasteiger partial charge in [0.05, 0.1) is 21.9 Å². The molecule has 0 bridgehead atoms. The van der Waals surface area contributed by atoms with Crippen LogP contribution < -0.4 is 16.0 Å². The van der Waals surface area contributed by atoms with Gasteiger partial charge in [-0.2, -0.15) is 0 Å². The second kappa shape index (κ2) is 9.33. The molecule has 1 fully saturated rings. The summed E-state index contributed by atoms with van der Waals surface area (Å²) in [5, 5.41) is 11.0. The fourth-order valence-electron chi connectivity index (χ4n) is 4.55. The maximum Gasteiger partial charge on any atom is 0.262 e. The zero-order chi connectivity index (χ0) is 25.7. The van der Waals surface area contributed by atoms with Gasteiger partial charge in [-0.05, 0) is 29.8 Å². The lowest BCUT2D eigenvalue weighted by atomic mass is 9.95. The van der Waals surface area contributed by atoms with E-state index in [0.717, 1.165) is 11.6 Å². The molecule has 0 radical (unpaired) electrons. The summed E-state index contributed by atoms with van der Waals surface area (Å²) in [4.78, 5) is 1.51. The Labute approximate surface area is 210 Å². The number of hydrogen-bond acceptors (Lipinski definition) is 8. The average molecular weight is 542 g/mol. The van der Waals surface area contributed by atoms with E-state index in [0.29, 0.717) is 5.02 Å². The molecule has 0 saturated carbocycles. The maximum atomic E-state index is 15.2. The Morgan fingerprint density at radius 2 is 1.97 bits per heavy atom. The molecule has 36 heavy (non-hydrogen) atoms. The molecule has 2 aliphatic heterocycles. The van der Waals surface area contributed by atoms with Gasteiger partial charge in [0.1, 0.15) is 11.7 Å². The van der Waals surface area contributed by atoms with Crippen molar-refractivity contribution >= 4 is 27.1 Å². The summed E-state index contributed by atoms with van der Waals surface area (Å²) >= 11 is 5.98. The molecule has 3 aromatic rings. The molecule has 0 aliphatic carbocycles. The van der Waals surface area contributed by atoms with E-state index in [1.54, 1.807) is 29.2 Å². The maximum absolute atomic E-state index is 15.2. The van der Waals surface area contributed by atoms with Crippen LogP contribution in [-0.2, 0) is 16.4 Å². The third kappa shape index (κ3) is 4.82. The molecule has 13 heteroatoms. The number of rotatable bonds is 4. The minimum Gasteiger partial charge on any atom is -0.420 e. The highest BCUT2D eigenvalue weighted by atomic mass is 35.5. The zero-order valence-corrected chi connectivity index (χ0v) is 20.5. The van der Waals surface area contributed by atoms with Crippen molar-refractivity contribution in [3.05, 3.63) is 58.7 Å². The van der Waals surface area contributed by atoms with E-state index < -0.39 is 33.5 Å². The van der Waals surface area contributed by atoms with E-state index >= 15 is 4.39 Å². The van der Waals surface area contributed by atoms with Gasteiger partial charge in [0.2, 0.25) is 5.89 Å². The van der Waals surface area contributed by atoms with E-state index in [1.165, 1.54) is 6.07 Å². The highest BCUT2D eigenvalue weighted by Gasteiger charge is 2.45. The number of fused-ring (bicyclic) bond motifs is 1. The van der Waals surface area contributed by atoms with Crippen molar-refractivity contribution in [3.63, 3.8) is 0 Å². The van der Waals surface area contributed by atoms with Crippen molar-refractivity contribution in [1.82, 2.24) is 15.5 Å². The van der Waals surface area contributed by atoms with Gasteiger partial charge >= 0.3 is 0 Å². The number of aromatic nitrogens is 2. The number of piperidine rings is 1. The molecule has 192 valence electrons. The van der Waals surface area contributed by atoms with Crippen LogP contribution in [0.15, 0.2) is 45.7 Å². The first kappa shape index (κ1) is 25.0. The minimum atomic E-state index is -3.91. The standard InChI is InChI=1S/C23H23ClF3N5O3S/c24-14-3-1-13(2-4-14)10-32-11-15(28)12-36(33,34)20-8-18(25)16(7-19(20)32)21-30-31-22(35-21)17-9-29-6-5-23(17,26)27/h1-4,7-8,15,17,29H,5-6,9-12,28H2/t15-,17?/m1/s1. The number of nitrogens with one attached hydrogen (secondary N) is 1. The van der Waals surface area contributed by atoms with Crippen LogP contribution in [0.25, 0.3) is 11.5 Å². The lowest BCUT2D eigenvalue weighted by Crippen LogP contribution is -2.43. The third-order valence-electron chi connectivity index (χ3n) is 6.36. The van der Waals surface area contributed by atoms with Gasteiger partial charge in [-0.3, -0.25) is 0 Å². The van der Waals surface area contributed by atoms with Gasteiger partial charge in [-0.1, -0.05) is 23.7 Å². The van der Waals surface area contributed by atoms with Gasteiger partial charge in [0, 0.05) is 43.7 Å². The van der Waals surface area contributed by atoms with Crippen molar-refractivity contribution in [3.8, 4) is 11.5 Å². The fourth-order valence-corrected chi connectivity index (χ4v) is 6.31. The molecule has 1 aromatic heterocycles. The van der Waals surface area contributed by atoms with Crippen molar-refractivity contribution in [2.45, 2.75) is 35.7 Å². The average Bonchev–Trinajstić information content (AvgIpc) is 3.25. The Morgan fingerprint density at radius 3 is 2.69 bits per heavy atom. The first-order valence-electron chi connectivity index (χ1n) is 11.3. The number of hydrogen-bond donors (Lipinski definition) is 2. The van der Waals surface area contributed by atoms with Crippen molar-refractivity contribution in [1.29, 1.82) is 0 Å². The monoisotopic (exact) mass is 541 g/mol. The highest BCUT2D eigenvalue weighted by molar-refractivity contribution is 7.91. The van der Waals surface area contributed by atoms with Crippen LogP contribution in [0.5, 0.6) is 0 Å². The predicted octanol–water partition coefficient (Wildman–Crippen LogP) is 3.36. The van der Waals surface area contributed by atoms with Crippen LogP contribution in [-0.4, -0.2) is 56.0 Å². The number of sulfone groups is 1. The number of nitrogens with two attached hydrogens (primary N) is 1. The van der Waals surface area contributed by atoms with Crippen LogP contribution in [0.2, 0.25) is 5.02 Å². The molecule has 0 amide bonds. The SMILES string of the molecule is N[C@@H]1CN(Cc2ccc(Cl)cc2)c2cc(-c3nnc(C4CNCCC4(F)F)o3)c(F)cc2S(=O)(=O)C1. The molecule has 2 aliphatic rings. The summed E-state index contributed by atoms with van der Waals surface area (Å²) in [6.07, 6.45) is -0.389. The topological polar surface area (TPSA) is 114 Å². The zero-order valence-electron chi connectivity index (χ0n) is 18.9. The Morgan fingerprint density at radius 1 is 1.22 bits per heavy atom. The molecule has 0 spiro atoms. The lowest BCUT2D eigenvalue weighted by molar-refractivity contribution is -0.0548. The number of benzene rings is 2. The normalized spacial score (nSPS) is 23.2. The number of anilines is 1. The van der Waals surface area contributed by atoms with Gasteiger partial charge in [0.15, 0.2) is 9.84 Å². The lowest BCUT2D eigenvalue weighted by Gasteiger charge is -2.29. The summed E-state index contributed by atoms with van der Waals surface area (Å²) in [5.41, 5.74) is 6.95. The molecule has 5 rings (SSSR count). The Bertz CT molecular complexity index is 1380. The van der Waals surface area contributed by atoms with Gasteiger partial charge in [-0.15, -0.1) is 10.2 Å². The van der Waals surface area contributed by atoms with E-state index in [1.807, 2.05) is 0 Å². The summed E-state index contributed by atoms with van der Waals surface area (Å²) in [7, 11) is -3.91. The van der Waals surface area contributed by atoms with Crippen LogP contribution >= 0.6 is 11.6 Å². The predicted molar refractivity (Wildman–Crippen MR) is 127 cm³/mol. The summed E-state index contributed by atoms with van der Waals surface area (Å²) in [6, 6.07) is 8.46. The number of nitrogens with zero attached hydrogens (tertiary/aromatic N) is 3. The molecule has 3 N–H and O–H groups in total. The number of halogens is 4. The Kier molecular flexibility index (Phi) is 6.48. The van der Waals surface area contributed by atoms with E-state index in [9.17, 15) is 17.2 Å². The highest BCUT2D eigenvalue weighted by Crippen LogP contribution is 2.40. The van der Waals surface area contributed by atoms with E-state index in [2.05, 4.69) is 15.5 Å². The second-order valence-electron chi connectivity index (χ2n) is 9.06. The molecule has 1 saturated heterocycles. The van der Waals surface area contributed by atoms with Crippen LogP contribution in [0.4, 0.5) is 18.9 Å². The molecule has 2 atom stereocenters. The summed E-state index contributed by atoms with van der Waals surface area (Å²) in [5.74, 6) is -6.32. The molecule has 1 unspecified atom stereocenters. The second-order valence-corrected chi connectivity index (χ2v) is 11.5. The minimum absolute atomic E-state index is 0.0632. The smallest absolute Gasteiger partial charge is 0.262 e. The molecular weight excluding hydrogens is 519 g/mol. The quantitative estimate of drug-likeness (QED) is 0.517. The van der Waals surface area contributed by atoms with Gasteiger partial charge in [0.25, 0.3) is 11.8 Å². The molecule has 2 aromatic carbocycles. The molecule has 3 heterocycles. The molecular formula is C23H23ClF3N5O3S. The van der Waals surface area contributed by atoms with Crippen LogP contribution in [0, 0.1) is 5.82 Å².